The summed E-state index contributed by atoms with van der Waals surface area (Å²) >= 11 is 0. The van der Waals surface area contributed by atoms with Gasteiger partial charge in [0, 0.05) is 37.1 Å². The molecular formula is C17H21Cl2N3O3. The second kappa shape index (κ2) is 10.9. The first-order chi connectivity index (χ1) is 11.3. The van der Waals surface area contributed by atoms with Crippen molar-refractivity contribution >= 4 is 36.4 Å². The highest BCUT2D eigenvalue weighted by atomic mass is 35.5. The average molecular weight is 386 g/mol. The van der Waals surface area contributed by atoms with E-state index in [-0.39, 0.29) is 36.8 Å². The molecule has 25 heavy (non-hydrogen) atoms. The van der Waals surface area contributed by atoms with Gasteiger partial charge in [-0.15, -0.1) is 24.8 Å². The molecule has 1 atom stereocenters. The minimum atomic E-state index is -0.0317. The Bertz CT molecular complexity index is 635. The molecule has 6 nitrogen and oxygen atoms in total. The number of halogens is 2. The van der Waals surface area contributed by atoms with Gasteiger partial charge < -0.3 is 20.1 Å². The van der Waals surface area contributed by atoms with Gasteiger partial charge in [-0.1, -0.05) is 0 Å². The SMILES string of the molecule is Cl.Cl.O=C(CC1COCCN1)Nc1ccc(Oc2ccncc2)cc1. The highest BCUT2D eigenvalue weighted by molar-refractivity contribution is 5.91. The predicted octanol–water partition coefficient (Wildman–Crippen LogP) is 3.03. The molecule has 2 N–H and O–H groups in total. The molecule has 1 aromatic carbocycles. The lowest BCUT2D eigenvalue weighted by Crippen LogP contribution is -2.43. The molecule has 0 aliphatic carbocycles. The molecule has 0 spiro atoms. The van der Waals surface area contributed by atoms with Crippen LogP contribution in [0.1, 0.15) is 6.42 Å². The topological polar surface area (TPSA) is 72.5 Å². The molecule has 1 saturated heterocycles. The average Bonchev–Trinajstić information content (AvgIpc) is 2.58. The van der Waals surface area contributed by atoms with Crippen LogP contribution in [0.15, 0.2) is 48.8 Å². The summed E-state index contributed by atoms with van der Waals surface area (Å²) in [5.74, 6) is 1.40. The van der Waals surface area contributed by atoms with Crippen LogP contribution in [-0.2, 0) is 9.53 Å². The number of nitrogens with one attached hydrogen (secondary N) is 2. The van der Waals surface area contributed by atoms with Crippen molar-refractivity contribution in [1.29, 1.82) is 0 Å². The number of nitrogens with zero attached hydrogens (tertiary/aromatic N) is 1. The molecule has 0 saturated carbocycles. The maximum atomic E-state index is 12.0. The largest absolute Gasteiger partial charge is 0.457 e. The number of hydrogen-bond donors (Lipinski definition) is 2. The summed E-state index contributed by atoms with van der Waals surface area (Å²) in [5, 5.41) is 6.14. The van der Waals surface area contributed by atoms with E-state index in [0.29, 0.717) is 25.4 Å². The number of carbonyl (C=O) groups excluding carboxylic acids is 1. The van der Waals surface area contributed by atoms with Crippen LogP contribution in [0.2, 0.25) is 0 Å². The van der Waals surface area contributed by atoms with Gasteiger partial charge in [-0.2, -0.15) is 0 Å². The van der Waals surface area contributed by atoms with Crippen molar-refractivity contribution in [2.24, 2.45) is 0 Å². The Labute approximate surface area is 159 Å². The van der Waals surface area contributed by atoms with E-state index in [1.54, 1.807) is 24.5 Å². The standard InChI is InChI=1S/C17H19N3O3.2ClH/c21-17(11-14-12-22-10-9-19-14)20-13-1-3-15(4-2-13)23-16-5-7-18-8-6-16;;/h1-8,14,19H,9-12H2,(H,20,21);2*1H. The van der Waals surface area contributed by atoms with Gasteiger partial charge in [-0.3, -0.25) is 9.78 Å². The van der Waals surface area contributed by atoms with E-state index < -0.39 is 0 Å². The molecule has 2 heterocycles. The lowest BCUT2D eigenvalue weighted by atomic mass is 10.2. The van der Waals surface area contributed by atoms with E-state index in [2.05, 4.69) is 15.6 Å². The van der Waals surface area contributed by atoms with Crippen molar-refractivity contribution in [1.82, 2.24) is 10.3 Å². The van der Waals surface area contributed by atoms with Crippen molar-refractivity contribution in [3.63, 3.8) is 0 Å². The number of carbonyl (C=O) groups is 1. The zero-order valence-electron chi connectivity index (χ0n) is 13.5. The van der Waals surface area contributed by atoms with Gasteiger partial charge >= 0.3 is 0 Å². The third-order valence-electron chi connectivity index (χ3n) is 3.45. The van der Waals surface area contributed by atoms with Crippen LogP contribution in [0.3, 0.4) is 0 Å². The van der Waals surface area contributed by atoms with Crippen LogP contribution < -0.4 is 15.4 Å². The summed E-state index contributed by atoms with van der Waals surface area (Å²) in [5.41, 5.74) is 0.744. The maximum absolute atomic E-state index is 12.0. The van der Waals surface area contributed by atoms with E-state index in [1.807, 2.05) is 24.3 Å². The Morgan fingerprint density at radius 1 is 1.16 bits per heavy atom. The van der Waals surface area contributed by atoms with Crippen molar-refractivity contribution in [2.75, 3.05) is 25.1 Å². The van der Waals surface area contributed by atoms with Crippen molar-refractivity contribution in [2.45, 2.75) is 12.5 Å². The van der Waals surface area contributed by atoms with Crippen LogP contribution in [0.25, 0.3) is 0 Å². The normalized spacial score (nSPS) is 16.1. The summed E-state index contributed by atoms with van der Waals surface area (Å²) in [6.45, 7) is 2.07. The quantitative estimate of drug-likeness (QED) is 0.827. The first kappa shape index (κ1) is 21.2. The number of benzene rings is 1. The fourth-order valence-electron chi connectivity index (χ4n) is 2.34. The molecule has 1 aromatic heterocycles. The molecule has 1 aliphatic heterocycles. The van der Waals surface area contributed by atoms with E-state index in [0.717, 1.165) is 18.0 Å². The molecule has 0 radical (unpaired) electrons. The number of amides is 1. The lowest BCUT2D eigenvalue weighted by Gasteiger charge is -2.23. The second-order valence-electron chi connectivity index (χ2n) is 5.29. The van der Waals surface area contributed by atoms with Crippen LogP contribution in [0.4, 0.5) is 5.69 Å². The zero-order valence-corrected chi connectivity index (χ0v) is 15.1. The summed E-state index contributed by atoms with van der Waals surface area (Å²) in [6.07, 6.45) is 3.75. The minimum Gasteiger partial charge on any atom is -0.457 e. The Morgan fingerprint density at radius 3 is 2.48 bits per heavy atom. The van der Waals surface area contributed by atoms with Gasteiger partial charge in [0.2, 0.25) is 5.91 Å². The number of pyridine rings is 1. The van der Waals surface area contributed by atoms with Crippen LogP contribution in [0, 0.1) is 0 Å². The third-order valence-corrected chi connectivity index (χ3v) is 3.45. The number of rotatable bonds is 5. The monoisotopic (exact) mass is 385 g/mol. The van der Waals surface area contributed by atoms with E-state index in [4.69, 9.17) is 9.47 Å². The van der Waals surface area contributed by atoms with Gasteiger partial charge in [0.15, 0.2) is 0 Å². The number of ether oxygens (including phenoxy) is 2. The van der Waals surface area contributed by atoms with Crippen LogP contribution in [-0.4, -0.2) is 36.7 Å². The molecule has 2 aromatic rings. The van der Waals surface area contributed by atoms with Crippen molar-refractivity contribution in [3.8, 4) is 11.5 Å². The number of hydrogen-bond acceptors (Lipinski definition) is 5. The Morgan fingerprint density at radius 2 is 1.84 bits per heavy atom. The predicted molar refractivity (Wildman–Crippen MR) is 101 cm³/mol. The fourth-order valence-corrected chi connectivity index (χ4v) is 2.34. The molecule has 8 heteroatoms. The first-order valence-corrected chi connectivity index (χ1v) is 7.58. The molecule has 1 amide bonds. The van der Waals surface area contributed by atoms with E-state index in [1.165, 1.54) is 0 Å². The minimum absolute atomic E-state index is 0. The third kappa shape index (κ3) is 6.88. The number of aromatic nitrogens is 1. The number of anilines is 1. The van der Waals surface area contributed by atoms with Crippen molar-refractivity contribution < 1.29 is 14.3 Å². The lowest BCUT2D eigenvalue weighted by molar-refractivity contribution is -0.117. The van der Waals surface area contributed by atoms with Crippen LogP contribution in [0.5, 0.6) is 11.5 Å². The Hall–Kier alpha value is -1.86. The molecule has 136 valence electrons. The van der Waals surface area contributed by atoms with E-state index >= 15 is 0 Å². The van der Waals surface area contributed by atoms with Crippen LogP contribution >= 0.6 is 24.8 Å². The molecule has 1 fully saturated rings. The highest BCUT2D eigenvalue weighted by Gasteiger charge is 2.16. The van der Waals surface area contributed by atoms with Crippen molar-refractivity contribution in [3.05, 3.63) is 48.8 Å². The molecule has 1 unspecified atom stereocenters. The van der Waals surface area contributed by atoms with Gasteiger partial charge in [-0.25, -0.2) is 0 Å². The number of morpholine rings is 1. The Kier molecular flexibility index (Phi) is 9.23. The molecule has 3 rings (SSSR count). The summed E-state index contributed by atoms with van der Waals surface area (Å²) < 4.78 is 11.0. The van der Waals surface area contributed by atoms with Gasteiger partial charge in [0.1, 0.15) is 11.5 Å². The smallest absolute Gasteiger partial charge is 0.226 e. The summed E-state index contributed by atoms with van der Waals surface area (Å²) in [6, 6.07) is 10.9. The van der Waals surface area contributed by atoms with Gasteiger partial charge in [-0.05, 0) is 36.4 Å². The molecular weight excluding hydrogens is 365 g/mol. The zero-order chi connectivity index (χ0) is 15.9. The fraction of sp³-hybridized carbons (Fsp3) is 0.294. The molecule has 1 aliphatic rings. The second-order valence-corrected chi connectivity index (χ2v) is 5.29. The maximum Gasteiger partial charge on any atom is 0.226 e. The van der Waals surface area contributed by atoms with Gasteiger partial charge in [0.25, 0.3) is 0 Å². The highest BCUT2D eigenvalue weighted by Crippen LogP contribution is 2.22. The Balaban J connectivity index is 0.00000156. The summed E-state index contributed by atoms with van der Waals surface area (Å²) in [4.78, 5) is 16.0. The first-order valence-electron chi connectivity index (χ1n) is 7.58. The molecule has 0 bridgehead atoms. The summed E-state index contributed by atoms with van der Waals surface area (Å²) in [7, 11) is 0. The van der Waals surface area contributed by atoms with E-state index in [9.17, 15) is 4.79 Å². The van der Waals surface area contributed by atoms with Gasteiger partial charge in [0.05, 0.1) is 13.2 Å².